The summed E-state index contributed by atoms with van der Waals surface area (Å²) >= 11 is 0. The Morgan fingerprint density at radius 3 is 3.16 bits per heavy atom. The van der Waals surface area contributed by atoms with E-state index in [0.29, 0.717) is 19.1 Å². The van der Waals surface area contributed by atoms with Gasteiger partial charge < -0.3 is 14.6 Å². The molecule has 0 radical (unpaired) electrons. The molecule has 1 aromatic heterocycles. The van der Waals surface area contributed by atoms with E-state index in [1.807, 2.05) is 26.2 Å². The van der Waals surface area contributed by atoms with Gasteiger partial charge in [-0.3, -0.25) is 9.69 Å². The van der Waals surface area contributed by atoms with Crippen LogP contribution in [0.1, 0.15) is 18.6 Å². The highest BCUT2D eigenvalue weighted by molar-refractivity contribution is 5.77. The van der Waals surface area contributed by atoms with Gasteiger partial charge in [0.15, 0.2) is 0 Å². The molecule has 1 aromatic rings. The predicted molar refractivity (Wildman–Crippen MR) is 73.7 cm³/mol. The average Bonchev–Trinajstić information content (AvgIpc) is 2.91. The predicted octanol–water partition coefficient (Wildman–Crippen LogP) is 0.922. The fourth-order valence-electron chi connectivity index (χ4n) is 2.47. The molecule has 1 N–H and O–H groups in total. The van der Waals surface area contributed by atoms with Crippen molar-refractivity contribution in [2.24, 2.45) is 0 Å². The van der Waals surface area contributed by atoms with Crippen LogP contribution in [-0.2, 0) is 11.3 Å². The zero-order chi connectivity index (χ0) is 13.7. The van der Waals surface area contributed by atoms with E-state index < -0.39 is 0 Å². The van der Waals surface area contributed by atoms with E-state index in [1.54, 1.807) is 11.2 Å². The summed E-state index contributed by atoms with van der Waals surface area (Å²) in [7, 11) is 3.81. The molecule has 1 atom stereocenters. The van der Waals surface area contributed by atoms with Crippen LogP contribution in [-0.4, -0.2) is 55.5 Å². The summed E-state index contributed by atoms with van der Waals surface area (Å²) in [5.74, 6) is 0.968. The van der Waals surface area contributed by atoms with Gasteiger partial charge in [0.2, 0.25) is 5.91 Å². The number of furan rings is 1. The Bertz CT molecular complexity index is 391. The second-order valence-corrected chi connectivity index (χ2v) is 5.19. The molecule has 0 bridgehead atoms. The molecule has 2 rings (SSSR count). The third-order valence-electron chi connectivity index (χ3n) is 3.67. The Labute approximate surface area is 114 Å². The molecule has 0 spiro atoms. The number of likely N-dealkylation sites (N-methyl/N-ethyl adjacent to an activating group) is 2. The van der Waals surface area contributed by atoms with Crippen LogP contribution in [0.2, 0.25) is 0 Å². The summed E-state index contributed by atoms with van der Waals surface area (Å²) < 4.78 is 5.26. The van der Waals surface area contributed by atoms with E-state index in [1.165, 1.54) is 6.42 Å². The molecule has 2 heterocycles. The van der Waals surface area contributed by atoms with Gasteiger partial charge in [-0.2, -0.15) is 0 Å². The van der Waals surface area contributed by atoms with E-state index in [9.17, 15) is 4.79 Å². The Hall–Kier alpha value is -1.33. The fourth-order valence-corrected chi connectivity index (χ4v) is 2.47. The maximum absolute atomic E-state index is 12.2. The number of likely N-dealkylation sites (tertiary alicyclic amines) is 1. The quantitative estimate of drug-likeness (QED) is 0.860. The van der Waals surface area contributed by atoms with Crippen LogP contribution >= 0.6 is 0 Å². The first kappa shape index (κ1) is 14.1. The standard InChI is InChI=1S/C14H23N3O2/c1-15-12-5-3-7-17(9-12)11-14(18)16(2)10-13-6-4-8-19-13/h4,6,8,12,15H,3,5,7,9-11H2,1-2H3. The normalized spacial score (nSPS) is 20.4. The second-order valence-electron chi connectivity index (χ2n) is 5.19. The topological polar surface area (TPSA) is 48.7 Å². The summed E-state index contributed by atoms with van der Waals surface area (Å²) in [6, 6.07) is 4.24. The lowest BCUT2D eigenvalue weighted by Crippen LogP contribution is -2.48. The third-order valence-corrected chi connectivity index (χ3v) is 3.67. The van der Waals surface area contributed by atoms with Crippen molar-refractivity contribution in [1.29, 1.82) is 0 Å². The molecule has 5 nitrogen and oxygen atoms in total. The van der Waals surface area contributed by atoms with Gasteiger partial charge in [0, 0.05) is 19.6 Å². The third kappa shape index (κ3) is 4.08. The average molecular weight is 265 g/mol. The highest BCUT2D eigenvalue weighted by Crippen LogP contribution is 2.10. The molecule has 5 heteroatoms. The zero-order valence-corrected chi connectivity index (χ0v) is 11.8. The van der Waals surface area contributed by atoms with Gasteiger partial charge in [0.25, 0.3) is 0 Å². The first-order valence-electron chi connectivity index (χ1n) is 6.85. The van der Waals surface area contributed by atoms with Gasteiger partial charge >= 0.3 is 0 Å². The Morgan fingerprint density at radius 2 is 2.47 bits per heavy atom. The lowest BCUT2D eigenvalue weighted by atomic mass is 10.1. The maximum Gasteiger partial charge on any atom is 0.236 e. The SMILES string of the molecule is CNC1CCCN(CC(=O)N(C)Cc2ccco2)C1. The molecule has 0 aliphatic carbocycles. The first-order chi connectivity index (χ1) is 9.19. The highest BCUT2D eigenvalue weighted by atomic mass is 16.3. The Kier molecular flexibility index (Phi) is 4.99. The van der Waals surface area contributed by atoms with Crippen molar-refractivity contribution in [3.8, 4) is 0 Å². The van der Waals surface area contributed by atoms with E-state index in [-0.39, 0.29) is 5.91 Å². The van der Waals surface area contributed by atoms with Crippen molar-refractivity contribution in [3.05, 3.63) is 24.2 Å². The molecule has 1 aliphatic rings. The van der Waals surface area contributed by atoms with Crippen molar-refractivity contribution in [3.63, 3.8) is 0 Å². The van der Waals surface area contributed by atoms with Gasteiger partial charge in [-0.25, -0.2) is 0 Å². The number of piperidine rings is 1. The molecule has 1 unspecified atom stereocenters. The summed E-state index contributed by atoms with van der Waals surface area (Å²) in [5.41, 5.74) is 0. The minimum absolute atomic E-state index is 0.146. The van der Waals surface area contributed by atoms with E-state index in [4.69, 9.17) is 4.42 Å². The number of amides is 1. The highest BCUT2D eigenvalue weighted by Gasteiger charge is 2.21. The van der Waals surface area contributed by atoms with Gasteiger partial charge in [-0.15, -0.1) is 0 Å². The number of carbonyl (C=O) groups excluding carboxylic acids is 1. The van der Waals surface area contributed by atoms with Crippen molar-refractivity contribution < 1.29 is 9.21 Å². The van der Waals surface area contributed by atoms with Gasteiger partial charge in [-0.05, 0) is 38.6 Å². The van der Waals surface area contributed by atoms with Gasteiger partial charge in [-0.1, -0.05) is 0 Å². The molecule has 1 amide bonds. The van der Waals surface area contributed by atoms with Gasteiger partial charge in [0.05, 0.1) is 19.4 Å². The number of nitrogens with zero attached hydrogens (tertiary/aromatic N) is 2. The molecule has 19 heavy (non-hydrogen) atoms. The number of hydrogen-bond donors (Lipinski definition) is 1. The largest absolute Gasteiger partial charge is 0.467 e. The van der Waals surface area contributed by atoms with Crippen molar-refractivity contribution in [2.75, 3.05) is 33.7 Å². The summed E-state index contributed by atoms with van der Waals surface area (Å²) in [6.07, 6.45) is 3.99. The van der Waals surface area contributed by atoms with Crippen LogP contribution < -0.4 is 5.32 Å². The van der Waals surface area contributed by atoms with Crippen molar-refractivity contribution in [2.45, 2.75) is 25.4 Å². The summed E-state index contributed by atoms with van der Waals surface area (Å²) in [5, 5.41) is 3.29. The lowest BCUT2D eigenvalue weighted by Gasteiger charge is -2.32. The minimum Gasteiger partial charge on any atom is -0.467 e. The van der Waals surface area contributed by atoms with Crippen LogP contribution in [0.5, 0.6) is 0 Å². The van der Waals surface area contributed by atoms with Crippen LogP contribution in [0, 0.1) is 0 Å². The molecule has 1 aliphatic heterocycles. The smallest absolute Gasteiger partial charge is 0.236 e. The van der Waals surface area contributed by atoms with Gasteiger partial charge in [0.1, 0.15) is 5.76 Å². The van der Waals surface area contributed by atoms with E-state index >= 15 is 0 Å². The molecule has 1 saturated heterocycles. The minimum atomic E-state index is 0.146. The molecular formula is C14H23N3O2. The van der Waals surface area contributed by atoms with Crippen LogP contribution in [0.25, 0.3) is 0 Å². The van der Waals surface area contributed by atoms with E-state index in [0.717, 1.165) is 25.3 Å². The Morgan fingerprint density at radius 1 is 1.63 bits per heavy atom. The van der Waals surface area contributed by atoms with Crippen molar-refractivity contribution >= 4 is 5.91 Å². The number of carbonyl (C=O) groups is 1. The maximum atomic E-state index is 12.2. The Balaban J connectivity index is 1.79. The number of hydrogen-bond acceptors (Lipinski definition) is 4. The van der Waals surface area contributed by atoms with Crippen LogP contribution in [0.4, 0.5) is 0 Å². The zero-order valence-electron chi connectivity index (χ0n) is 11.8. The van der Waals surface area contributed by atoms with Crippen molar-refractivity contribution in [1.82, 2.24) is 15.1 Å². The second kappa shape index (κ2) is 6.73. The van der Waals surface area contributed by atoms with E-state index in [2.05, 4.69) is 10.2 Å². The molecule has 0 saturated carbocycles. The first-order valence-corrected chi connectivity index (χ1v) is 6.85. The number of rotatable bonds is 5. The summed E-state index contributed by atoms with van der Waals surface area (Å²) in [4.78, 5) is 16.1. The van der Waals surface area contributed by atoms with Crippen LogP contribution in [0.15, 0.2) is 22.8 Å². The molecule has 0 aromatic carbocycles. The lowest BCUT2D eigenvalue weighted by molar-refractivity contribution is -0.132. The molecule has 1 fully saturated rings. The monoisotopic (exact) mass is 265 g/mol. The molecular weight excluding hydrogens is 242 g/mol. The van der Waals surface area contributed by atoms with Crippen LogP contribution in [0.3, 0.4) is 0 Å². The fraction of sp³-hybridized carbons (Fsp3) is 0.643. The number of nitrogens with one attached hydrogen (secondary N) is 1. The summed E-state index contributed by atoms with van der Waals surface area (Å²) in [6.45, 7) is 3.00. The molecule has 106 valence electrons.